The summed E-state index contributed by atoms with van der Waals surface area (Å²) in [5, 5.41) is 6.30. The molecule has 0 aliphatic rings. The first-order valence-corrected chi connectivity index (χ1v) is 9.22. The molecule has 28 heavy (non-hydrogen) atoms. The van der Waals surface area contributed by atoms with Gasteiger partial charge < -0.3 is 10.6 Å². The van der Waals surface area contributed by atoms with Crippen LogP contribution in [0, 0.1) is 5.82 Å². The van der Waals surface area contributed by atoms with E-state index in [1.165, 1.54) is 23.8 Å². The fourth-order valence-corrected chi connectivity index (χ4v) is 2.84. The van der Waals surface area contributed by atoms with Crippen molar-refractivity contribution in [2.24, 2.45) is 0 Å². The third-order valence-electron chi connectivity index (χ3n) is 4.40. The molecular weight excluding hydrogens is 351 g/mol. The molecule has 3 nitrogen and oxygen atoms in total. The summed E-state index contributed by atoms with van der Waals surface area (Å²) < 4.78 is 13.6. The van der Waals surface area contributed by atoms with E-state index in [-0.39, 0.29) is 17.8 Å². The molecule has 0 spiro atoms. The van der Waals surface area contributed by atoms with Crippen molar-refractivity contribution in [3.8, 4) is 0 Å². The number of nitrogens with one attached hydrogen (secondary N) is 2. The third kappa shape index (κ3) is 5.55. The van der Waals surface area contributed by atoms with E-state index in [4.69, 9.17) is 0 Å². The number of anilines is 1. The number of hydrogen-bond donors (Lipinski definition) is 2. The molecule has 2 N–H and O–H groups in total. The average molecular weight is 374 g/mol. The van der Waals surface area contributed by atoms with E-state index >= 15 is 0 Å². The molecule has 0 saturated carbocycles. The molecule has 3 rings (SSSR count). The lowest BCUT2D eigenvalue weighted by molar-refractivity contribution is -0.117. The zero-order valence-electron chi connectivity index (χ0n) is 15.7. The van der Waals surface area contributed by atoms with Crippen LogP contribution in [0.3, 0.4) is 0 Å². The van der Waals surface area contributed by atoms with E-state index in [0.717, 1.165) is 17.8 Å². The first-order chi connectivity index (χ1) is 13.6. The van der Waals surface area contributed by atoms with E-state index in [2.05, 4.69) is 22.8 Å². The quantitative estimate of drug-likeness (QED) is 0.549. The lowest BCUT2D eigenvalue weighted by atomic mass is 10.1. The van der Waals surface area contributed by atoms with Crippen molar-refractivity contribution in [2.75, 3.05) is 5.32 Å². The van der Waals surface area contributed by atoms with Crippen LogP contribution in [-0.4, -0.2) is 5.91 Å². The summed E-state index contributed by atoms with van der Waals surface area (Å²) >= 11 is 0. The first kappa shape index (κ1) is 19.4. The van der Waals surface area contributed by atoms with Crippen molar-refractivity contribution in [1.29, 1.82) is 0 Å². The van der Waals surface area contributed by atoms with Gasteiger partial charge in [-0.15, -0.1) is 0 Å². The topological polar surface area (TPSA) is 41.1 Å². The van der Waals surface area contributed by atoms with E-state index < -0.39 is 0 Å². The van der Waals surface area contributed by atoms with Crippen molar-refractivity contribution in [3.05, 3.63) is 107 Å². The SMILES string of the molecule is C[C@H](NC(=O)C=Cc1ccccc1F)c1cccc(NCc2ccccc2)c1. The van der Waals surface area contributed by atoms with Gasteiger partial charge in [0.15, 0.2) is 0 Å². The van der Waals surface area contributed by atoms with Gasteiger partial charge in [0, 0.05) is 23.9 Å². The van der Waals surface area contributed by atoms with Crippen LogP contribution < -0.4 is 10.6 Å². The summed E-state index contributed by atoms with van der Waals surface area (Å²) in [4.78, 5) is 12.2. The zero-order chi connectivity index (χ0) is 19.8. The summed E-state index contributed by atoms with van der Waals surface area (Å²) in [6.07, 6.45) is 2.83. The maximum atomic E-state index is 13.6. The van der Waals surface area contributed by atoms with E-state index in [9.17, 15) is 9.18 Å². The summed E-state index contributed by atoms with van der Waals surface area (Å²) in [7, 11) is 0. The summed E-state index contributed by atoms with van der Waals surface area (Å²) in [6, 6.07) is 24.3. The standard InChI is InChI=1S/C24H23FN2O/c1-18(27-24(28)15-14-20-10-5-6-13-23(20)25)21-11-7-12-22(16-21)26-17-19-8-3-2-4-9-19/h2-16,18,26H,17H2,1H3,(H,27,28)/t18-/m0/s1. The molecule has 0 fully saturated rings. The molecule has 3 aromatic rings. The van der Waals surface area contributed by atoms with Gasteiger partial charge in [-0.2, -0.15) is 0 Å². The number of carbonyl (C=O) groups is 1. The van der Waals surface area contributed by atoms with Gasteiger partial charge >= 0.3 is 0 Å². The van der Waals surface area contributed by atoms with Crippen LogP contribution in [0.5, 0.6) is 0 Å². The van der Waals surface area contributed by atoms with E-state index in [0.29, 0.717) is 5.56 Å². The fourth-order valence-electron chi connectivity index (χ4n) is 2.84. The molecule has 142 valence electrons. The minimum absolute atomic E-state index is 0.170. The van der Waals surface area contributed by atoms with Gasteiger partial charge in [-0.25, -0.2) is 4.39 Å². The number of carbonyl (C=O) groups excluding carboxylic acids is 1. The highest BCUT2D eigenvalue weighted by Crippen LogP contribution is 2.18. The molecule has 0 bridgehead atoms. The molecule has 3 aromatic carbocycles. The Kier molecular flexibility index (Phi) is 6.58. The van der Waals surface area contributed by atoms with Crippen LogP contribution in [0.25, 0.3) is 6.08 Å². The van der Waals surface area contributed by atoms with Gasteiger partial charge in [-0.3, -0.25) is 4.79 Å². The number of rotatable bonds is 7. The Morgan fingerprint density at radius 1 is 1.00 bits per heavy atom. The lowest BCUT2D eigenvalue weighted by Gasteiger charge is -2.15. The second kappa shape index (κ2) is 9.51. The van der Waals surface area contributed by atoms with Crippen molar-refractivity contribution in [1.82, 2.24) is 5.32 Å². The zero-order valence-corrected chi connectivity index (χ0v) is 15.7. The van der Waals surface area contributed by atoms with Crippen molar-refractivity contribution in [3.63, 3.8) is 0 Å². The summed E-state index contributed by atoms with van der Waals surface area (Å²) in [5.41, 5.74) is 3.57. The van der Waals surface area contributed by atoms with Crippen molar-refractivity contribution in [2.45, 2.75) is 19.5 Å². The van der Waals surface area contributed by atoms with Gasteiger partial charge in [-0.1, -0.05) is 60.7 Å². The van der Waals surface area contributed by atoms with Crippen molar-refractivity contribution >= 4 is 17.7 Å². The molecule has 0 aliphatic carbocycles. The molecular formula is C24H23FN2O. The maximum absolute atomic E-state index is 13.6. The predicted molar refractivity (Wildman–Crippen MR) is 112 cm³/mol. The maximum Gasteiger partial charge on any atom is 0.244 e. The second-order valence-electron chi connectivity index (χ2n) is 6.55. The highest BCUT2D eigenvalue weighted by molar-refractivity contribution is 5.92. The highest BCUT2D eigenvalue weighted by Gasteiger charge is 2.08. The summed E-state index contributed by atoms with van der Waals surface area (Å²) in [6.45, 7) is 2.65. The van der Waals surface area contributed by atoms with E-state index in [1.807, 2.05) is 49.4 Å². The molecule has 4 heteroatoms. The van der Waals surface area contributed by atoms with Gasteiger partial charge in [0.25, 0.3) is 0 Å². The molecule has 0 aliphatic heterocycles. The Balaban J connectivity index is 1.58. The van der Waals surface area contributed by atoms with Gasteiger partial charge in [-0.05, 0) is 42.3 Å². The van der Waals surface area contributed by atoms with Crippen LogP contribution in [0.4, 0.5) is 10.1 Å². The van der Waals surface area contributed by atoms with Crippen molar-refractivity contribution < 1.29 is 9.18 Å². The van der Waals surface area contributed by atoms with Gasteiger partial charge in [0.05, 0.1) is 6.04 Å². The Morgan fingerprint density at radius 3 is 2.54 bits per heavy atom. The minimum Gasteiger partial charge on any atom is -0.381 e. The van der Waals surface area contributed by atoms with E-state index in [1.54, 1.807) is 18.2 Å². The van der Waals surface area contributed by atoms with Crippen LogP contribution in [0.2, 0.25) is 0 Å². The van der Waals surface area contributed by atoms with Crippen LogP contribution in [-0.2, 0) is 11.3 Å². The summed E-state index contributed by atoms with van der Waals surface area (Å²) in [5.74, 6) is -0.616. The van der Waals surface area contributed by atoms with Crippen LogP contribution >= 0.6 is 0 Å². The van der Waals surface area contributed by atoms with Crippen LogP contribution in [0.15, 0.2) is 84.9 Å². The number of benzene rings is 3. The molecule has 0 heterocycles. The molecule has 0 aromatic heterocycles. The Labute approximate surface area is 164 Å². The minimum atomic E-state index is -0.350. The predicted octanol–water partition coefficient (Wildman–Crippen LogP) is 5.33. The monoisotopic (exact) mass is 374 g/mol. The number of halogens is 1. The largest absolute Gasteiger partial charge is 0.381 e. The second-order valence-corrected chi connectivity index (χ2v) is 6.55. The lowest BCUT2D eigenvalue weighted by Crippen LogP contribution is -2.24. The Morgan fingerprint density at radius 2 is 1.75 bits per heavy atom. The smallest absolute Gasteiger partial charge is 0.244 e. The van der Waals surface area contributed by atoms with Gasteiger partial charge in [0.2, 0.25) is 5.91 Å². The van der Waals surface area contributed by atoms with Gasteiger partial charge in [0.1, 0.15) is 5.82 Å². The number of amides is 1. The molecule has 1 atom stereocenters. The molecule has 0 saturated heterocycles. The molecule has 1 amide bonds. The Hall–Kier alpha value is -3.40. The fraction of sp³-hybridized carbons (Fsp3) is 0.125. The first-order valence-electron chi connectivity index (χ1n) is 9.22. The average Bonchev–Trinajstić information content (AvgIpc) is 2.72. The third-order valence-corrected chi connectivity index (χ3v) is 4.40. The van der Waals surface area contributed by atoms with Crippen LogP contribution in [0.1, 0.15) is 29.7 Å². The Bertz CT molecular complexity index is 954. The highest BCUT2D eigenvalue weighted by atomic mass is 19.1. The molecule has 0 radical (unpaired) electrons. The number of hydrogen-bond acceptors (Lipinski definition) is 2. The normalized spacial score (nSPS) is 11.9. The molecule has 0 unspecified atom stereocenters.